The third kappa shape index (κ3) is 2.91. The summed E-state index contributed by atoms with van der Waals surface area (Å²) in [5, 5.41) is 17.5. The number of anilines is 1. The summed E-state index contributed by atoms with van der Waals surface area (Å²) in [4.78, 5) is 12.2. The summed E-state index contributed by atoms with van der Waals surface area (Å²) in [6.45, 7) is 2.20. The van der Waals surface area contributed by atoms with E-state index in [9.17, 15) is 4.79 Å². The predicted octanol–water partition coefficient (Wildman–Crippen LogP) is 2.41. The Bertz CT molecular complexity index is 861. The zero-order valence-electron chi connectivity index (χ0n) is 12.1. The zero-order chi connectivity index (χ0) is 15.5. The van der Waals surface area contributed by atoms with Crippen molar-refractivity contribution in [3.05, 3.63) is 35.0 Å². The number of amides is 1. The molecule has 0 radical (unpaired) electrons. The SMILES string of the molecule is CCCc1n[nH]c(=S)n1CC(=O)Nc1ccc2[nH]ncc2c1. The van der Waals surface area contributed by atoms with Gasteiger partial charge in [-0.25, -0.2) is 0 Å². The van der Waals surface area contributed by atoms with Crippen molar-refractivity contribution >= 4 is 34.7 Å². The van der Waals surface area contributed by atoms with Crippen LogP contribution in [-0.4, -0.2) is 30.9 Å². The van der Waals surface area contributed by atoms with Crippen molar-refractivity contribution < 1.29 is 4.79 Å². The van der Waals surface area contributed by atoms with Gasteiger partial charge in [0.05, 0.1) is 11.7 Å². The van der Waals surface area contributed by atoms with Gasteiger partial charge < -0.3 is 5.32 Å². The van der Waals surface area contributed by atoms with E-state index in [-0.39, 0.29) is 12.5 Å². The number of rotatable bonds is 5. The summed E-state index contributed by atoms with van der Waals surface area (Å²) in [6, 6.07) is 5.59. The molecule has 0 fully saturated rings. The fraction of sp³-hybridized carbons (Fsp3) is 0.286. The number of carbonyl (C=O) groups excluding carboxylic acids is 1. The molecule has 0 unspecified atom stereocenters. The van der Waals surface area contributed by atoms with Crippen molar-refractivity contribution in [2.45, 2.75) is 26.3 Å². The number of nitrogens with zero attached hydrogens (tertiary/aromatic N) is 3. The molecular weight excluding hydrogens is 300 g/mol. The van der Waals surface area contributed by atoms with E-state index in [1.807, 2.05) is 18.2 Å². The lowest BCUT2D eigenvalue weighted by molar-refractivity contribution is -0.116. The van der Waals surface area contributed by atoms with E-state index in [0.717, 1.165) is 35.3 Å². The highest BCUT2D eigenvalue weighted by atomic mass is 32.1. The Hall–Kier alpha value is -2.48. The maximum atomic E-state index is 12.2. The van der Waals surface area contributed by atoms with Crippen molar-refractivity contribution in [1.82, 2.24) is 25.0 Å². The molecule has 8 heteroatoms. The molecule has 2 aromatic heterocycles. The van der Waals surface area contributed by atoms with Crippen molar-refractivity contribution in [1.29, 1.82) is 0 Å². The maximum absolute atomic E-state index is 12.2. The number of aromatic amines is 2. The minimum absolute atomic E-state index is 0.141. The van der Waals surface area contributed by atoms with Gasteiger partial charge in [0.2, 0.25) is 5.91 Å². The first kappa shape index (κ1) is 14.5. The summed E-state index contributed by atoms with van der Waals surface area (Å²) < 4.78 is 2.19. The van der Waals surface area contributed by atoms with Crippen LogP contribution in [0, 0.1) is 4.77 Å². The predicted molar refractivity (Wildman–Crippen MR) is 86.1 cm³/mol. The highest BCUT2D eigenvalue weighted by Crippen LogP contribution is 2.16. The number of fused-ring (bicyclic) bond motifs is 1. The number of hydrogen-bond donors (Lipinski definition) is 3. The average molecular weight is 316 g/mol. The normalized spacial score (nSPS) is 11.0. The minimum Gasteiger partial charge on any atom is -0.325 e. The topological polar surface area (TPSA) is 91.4 Å². The molecular formula is C14H16N6OS. The second-order valence-corrected chi connectivity index (χ2v) is 5.39. The standard InChI is InChI=1S/C14H16N6OS/c1-2-3-12-18-19-14(22)20(12)8-13(21)16-10-4-5-11-9(6-10)7-15-17-11/h4-7H,2-3,8H2,1H3,(H,15,17)(H,16,21)(H,19,22). The van der Waals surface area contributed by atoms with E-state index in [1.165, 1.54) is 0 Å². The molecule has 0 saturated carbocycles. The molecule has 2 heterocycles. The number of H-pyrrole nitrogens is 2. The Morgan fingerprint density at radius 3 is 3.09 bits per heavy atom. The third-order valence-corrected chi connectivity index (χ3v) is 3.65. The zero-order valence-corrected chi connectivity index (χ0v) is 12.9. The van der Waals surface area contributed by atoms with Gasteiger partial charge in [-0.05, 0) is 36.8 Å². The molecule has 0 aliphatic carbocycles. The van der Waals surface area contributed by atoms with E-state index >= 15 is 0 Å². The number of nitrogens with one attached hydrogen (secondary N) is 3. The van der Waals surface area contributed by atoms with Crippen molar-refractivity contribution in [2.75, 3.05) is 5.32 Å². The van der Waals surface area contributed by atoms with Crippen molar-refractivity contribution in [3.8, 4) is 0 Å². The number of aryl methyl sites for hydroxylation is 1. The molecule has 114 valence electrons. The fourth-order valence-corrected chi connectivity index (χ4v) is 2.51. The molecule has 0 spiro atoms. The quantitative estimate of drug-likeness (QED) is 0.630. The Labute approximate surface area is 131 Å². The largest absolute Gasteiger partial charge is 0.325 e. The molecule has 0 saturated heterocycles. The molecule has 1 aromatic carbocycles. The second-order valence-electron chi connectivity index (χ2n) is 5.00. The smallest absolute Gasteiger partial charge is 0.244 e. The summed E-state index contributed by atoms with van der Waals surface area (Å²) in [5.41, 5.74) is 1.66. The van der Waals surface area contributed by atoms with Crippen LogP contribution in [0.25, 0.3) is 10.9 Å². The van der Waals surface area contributed by atoms with Gasteiger partial charge in [-0.3, -0.25) is 19.6 Å². The molecule has 3 N–H and O–H groups in total. The Morgan fingerprint density at radius 1 is 1.41 bits per heavy atom. The first-order valence-corrected chi connectivity index (χ1v) is 7.45. The molecule has 22 heavy (non-hydrogen) atoms. The number of hydrogen-bond acceptors (Lipinski definition) is 4. The van der Waals surface area contributed by atoms with Crippen LogP contribution in [0.15, 0.2) is 24.4 Å². The van der Waals surface area contributed by atoms with Gasteiger partial charge in [-0.1, -0.05) is 6.92 Å². The Kier molecular flexibility index (Phi) is 4.01. The summed E-state index contributed by atoms with van der Waals surface area (Å²) in [5.74, 6) is 0.658. The van der Waals surface area contributed by atoms with Gasteiger partial charge in [-0.15, -0.1) is 0 Å². The lowest BCUT2D eigenvalue weighted by Crippen LogP contribution is -2.20. The molecule has 1 amide bonds. The average Bonchev–Trinajstić information content (AvgIpc) is 3.08. The maximum Gasteiger partial charge on any atom is 0.244 e. The number of carbonyl (C=O) groups is 1. The molecule has 0 aliphatic rings. The Balaban J connectivity index is 1.74. The van der Waals surface area contributed by atoms with Gasteiger partial charge in [0.1, 0.15) is 12.4 Å². The van der Waals surface area contributed by atoms with Crippen LogP contribution in [0.4, 0.5) is 5.69 Å². The highest BCUT2D eigenvalue weighted by molar-refractivity contribution is 7.71. The van der Waals surface area contributed by atoms with Crippen LogP contribution < -0.4 is 5.32 Å². The van der Waals surface area contributed by atoms with Gasteiger partial charge in [-0.2, -0.15) is 10.2 Å². The van der Waals surface area contributed by atoms with E-state index in [0.29, 0.717) is 4.77 Å². The third-order valence-electron chi connectivity index (χ3n) is 3.34. The monoisotopic (exact) mass is 316 g/mol. The molecule has 3 rings (SSSR count). The van der Waals surface area contributed by atoms with E-state index < -0.39 is 0 Å². The van der Waals surface area contributed by atoms with Gasteiger partial charge in [0, 0.05) is 17.5 Å². The molecule has 0 atom stereocenters. The molecule has 3 aromatic rings. The van der Waals surface area contributed by atoms with Gasteiger partial charge in [0.25, 0.3) is 0 Å². The summed E-state index contributed by atoms with van der Waals surface area (Å²) in [6.07, 6.45) is 3.44. The van der Waals surface area contributed by atoms with Crippen LogP contribution >= 0.6 is 12.2 Å². The Morgan fingerprint density at radius 2 is 2.27 bits per heavy atom. The first-order valence-electron chi connectivity index (χ1n) is 7.04. The van der Waals surface area contributed by atoms with E-state index in [2.05, 4.69) is 32.6 Å². The fourth-order valence-electron chi connectivity index (χ4n) is 2.29. The molecule has 0 bridgehead atoms. The van der Waals surface area contributed by atoms with Crippen LogP contribution in [0.3, 0.4) is 0 Å². The van der Waals surface area contributed by atoms with E-state index in [1.54, 1.807) is 10.8 Å². The number of benzene rings is 1. The molecule has 7 nitrogen and oxygen atoms in total. The van der Waals surface area contributed by atoms with Crippen LogP contribution in [-0.2, 0) is 17.8 Å². The first-order chi connectivity index (χ1) is 10.7. The number of aromatic nitrogens is 5. The summed E-state index contributed by atoms with van der Waals surface area (Å²) in [7, 11) is 0. The van der Waals surface area contributed by atoms with Gasteiger partial charge >= 0.3 is 0 Å². The van der Waals surface area contributed by atoms with Crippen molar-refractivity contribution in [3.63, 3.8) is 0 Å². The van der Waals surface area contributed by atoms with Crippen LogP contribution in [0.5, 0.6) is 0 Å². The van der Waals surface area contributed by atoms with Crippen LogP contribution in [0.1, 0.15) is 19.2 Å². The molecule has 0 aliphatic heterocycles. The lowest BCUT2D eigenvalue weighted by Gasteiger charge is -2.08. The minimum atomic E-state index is -0.141. The highest BCUT2D eigenvalue weighted by Gasteiger charge is 2.10. The van der Waals surface area contributed by atoms with Crippen LogP contribution in [0.2, 0.25) is 0 Å². The summed E-state index contributed by atoms with van der Waals surface area (Å²) >= 11 is 5.17. The van der Waals surface area contributed by atoms with E-state index in [4.69, 9.17) is 12.2 Å². The second kappa shape index (κ2) is 6.10. The lowest BCUT2D eigenvalue weighted by atomic mass is 10.2. The van der Waals surface area contributed by atoms with Crippen molar-refractivity contribution in [2.24, 2.45) is 0 Å². The van der Waals surface area contributed by atoms with Gasteiger partial charge in [0.15, 0.2) is 4.77 Å².